The third kappa shape index (κ3) is 2.14. The second-order valence-electron chi connectivity index (χ2n) is 3.32. The minimum absolute atomic E-state index is 0.148. The van der Waals surface area contributed by atoms with Crippen LogP contribution in [-0.2, 0) is 9.53 Å². The molecule has 0 aromatic rings. The predicted octanol–water partition coefficient (Wildman–Crippen LogP) is 0.404. The van der Waals surface area contributed by atoms with Gasteiger partial charge in [-0.05, 0) is 0 Å². The molecule has 1 heterocycles. The molecule has 0 unspecified atom stereocenters. The summed E-state index contributed by atoms with van der Waals surface area (Å²) in [5.74, 6) is -1.21. The van der Waals surface area contributed by atoms with Gasteiger partial charge >= 0.3 is 6.43 Å². The van der Waals surface area contributed by atoms with Gasteiger partial charge in [-0.15, -0.1) is 0 Å². The maximum atomic E-state index is 11.7. The van der Waals surface area contributed by atoms with E-state index in [1.165, 1.54) is 0 Å². The lowest BCUT2D eigenvalue weighted by molar-refractivity contribution is -0.136. The van der Waals surface area contributed by atoms with Gasteiger partial charge in [0.25, 0.3) is 5.91 Å². The molecule has 1 aliphatic rings. The Morgan fingerprint density at radius 3 is 2.58 bits per heavy atom. The number of hydrogen-bond acceptors (Lipinski definition) is 2. The van der Waals surface area contributed by atoms with Crippen molar-refractivity contribution in [2.75, 3.05) is 19.8 Å². The summed E-state index contributed by atoms with van der Waals surface area (Å²) in [6, 6.07) is 0. The van der Waals surface area contributed by atoms with Crippen molar-refractivity contribution in [2.45, 2.75) is 13.3 Å². The van der Waals surface area contributed by atoms with E-state index in [4.69, 9.17) is 4.74 Å². The molecular weight excluding hydrogens is 168 g/mol. The van der Waals surface area contributed by atoms with Gasteiger partial charge < -0.3 is 10.1 Å². The van der Waals surface area contributed by atoms with E-state index in [-0.39, 0.29) is 12.0 Å². The van der Waals surface area contributed by atoms with Crippen LogP contribution in [0.15, 0.2) is 0 Å². The van der Waals surface area contributed by atoms with Crippen molar-refractivity contribution in [1.29, 1.82) is 0 Å². The van der Waals surface area contributed by atoms with Crippen LogP contribution in [0.25, 0.3) is 0 Å². The third-order valence-corrected chi connectivity index (χ3v) is 1.79. The van der Waals surface area contributed by atoms with Crippen LogP contribution >= 0.6 is 0 Å². The molecule has 12 heavy (non-hydrogen) atoms. The zero-order chi connectivity index (χ0) is 9.19. The van der Waals surface area contributed by atoms with Gasteiger partial charge in [0.05, 0.1) is 13.2 Å². The number of hydrogen-bond donors (Lipinski definition) is 1. The first-order valence-corrected chi connectivity index (χ1v) is 3.67. The van der Waals surface area contributed by atoms with Crippen molar-refractivity contribution in [3.63, 3.8) is 0 Å². The molecule has 0 atom stereocenters. The number of carbonyl (C=O) groups is 1. The van der Waals surface area contributed by atoms with E-state index in [9.17, 15) is 13.6 Å². The van der Waals surface area contributed by atoms with Gasteiger partial charge in [-0.25, -0.2) is 0 Å². The molecule has 1 rings (SSSR count). The molecule has 0 aliphatic carbocycles. The van der Waals surface area contributed by atoms with Crippen LogP contribution in [-0.4, -0.2) is 32.1 Å². The topological polar surface area (TPSA) is 38.3 Å². The quantitative estimate of drug-likeness (QED) is 0.681. The van der Waals surface area contributed by atoms with Crippen LogP contribution in [0.4, 0.5) is 8.78 Å². The lowest BCUT2D eigenvalue weighted by atomic mass is 9.89. The van der Waals surface area contributed by atoms with Crippen molar-refractivity contribution in [3.8, 4) is 0 Å². The number of carbonyl (C=O) groups excluding carboxylic acids is 1. The summed E-state index contributed by atoms with van der Waals surface area (Å²) >= 11 is 0. The van der Waals surface area contributed by atoms with Crippen LogP contribution in [0.5, 0.6) is 0 Å². The first kappa shape index (κ1) is 9.38. The van der Waals surface area contributed by atoms with E-state index in [2.05, 4.69) is 5.32 Å². The molecule has 3 nitrogen and oxygen atoms in total. The van der Waals surface area contributed by atoms with E-state index in [1.807, 2.05) is 6.92 Å². The maximum Gasteiger partial charge on any atom is 0.315 e. The highest BCUT2D eigenvalue weighted by molar-refractivity contribution is 5.79. The third-order valence-electron chi connectivity index (χ3n) is 1.79. The van der Waals surface area contributed by atoms with E-state index in [0.29, 0.717) is 13.2 Å². The fraction of sp³-hybridized carbons (Fsp3) is 0.857. The standard InChI is InChI=1S/C7H11F2NO2/c1-7(3-12-4-7)2-10-6(11)5(8)9/h5H,2-4H2,1H3,(H,10,11). The molecule has 0 bridgehead atoms. The monoisotopic (exact) mass is 179 g/mol. The van der Waals surface area contributed by atoms with Crippen LogP contribution in [0.2, 0.25) is 0 Å². The van der Waals surface area contributed by atoms with Crippen LogP contribution in [0.1, 0.15) is 6.92 Å². The smallest absolute Gasteiger partial charge is 0.315 e. The van der Waals surface area contributed by atoms with Crippen molar-refractivity contribution in [1.82, 2.24) is 5.32 Å². The van der Waals surface area contributed by atoms with E-state index in [1.54, 1.807) is 0 Å². The molecule has 5 heteroatoms. The summed E-state index contributed by atoms with van der Waals surface area (Å²) in [7, 11) is 0. The van der Waals surface area contributed by atoms with Crippen LogP contribution in [0, 0.1) is 5.41 Å². The van der Waals surface area contributed by atoms with Gasteiger partial charge in [0.2, 0.25) is 0 Å². The molecule has 1 aliphatic heterocycles. The second kappa shape index (κ2) is 3.35. The zero-order valence-corrected chi connectivity index (χ0v) is 6.77. The molecule has 0 aromatic carbocycles. The highest BCUT2D eigenvalue weighted by atomic mass is 19.3. The largest absolute Gasteiger partial charge is 0.380 e. The minimum atomic E-state index is -2.92. The Morgan fingerprint density at radius 1 is 1.67 bits per heavy atom. The fourth-order valence-electron chi connectivity index (χ4n) is 0.930. The Balaban J connectivity index is 2.21. The van der Waals surface area contributed by atoms with Gasteiger partial charge in [0, 0.05) is 12.0 Å². The first-order chi connectivity index (χ1) is 5.53. The van der Waals surface area contributed by atoms with Crippen molar-refractivity contribution >= 4 is 5.91 Å². The lowest BCUT2D eigenvalue weighted by Gasteiger charge is -2.37. The number of nitrogens with one attached hydrogen (secondary N) is 1. The predicted molar refractivity (Wildman–Crippen MR) is 37.9 cm³/mol. The van der Waals surface area contributed by atoms with Crippen LogP contribution < -0.4 is 5.32 Å². The Bertz CT molecular complexity index is 180. The number of rotatable bonds is 3. The molecule has 0 spiro atoms. The molecule has 1 saturated heterocycles. The lowest BCUT2D eigenvalue weighted by Crippen LogP contribution is -2.49. The summed E-state index contributed by atoms with van der Waals surface area (Å²) < 4.78 is 28.3. The van der Waals surface area contributed by atoms with Gasteiger partial charge in [0.1, 0.15) is 0 Å². The normalized spacial score (nSPS) is 20.3. The summed E-state index contributed by atoms with van der Waals surface area (Å²) in [5, 5.41) is 2.16. The first-order valence-electron chi connectivity index (χ1n) is 3.67. The molecule has 0 radical (unpaired) electrons. The van der Waals surface area contributed by atoms with Gasteiger partial charge in [-0.2, -0.15) is 8.78 Å². The summed E-state index contributed by atoms with van der Waals surface area (Å²) in [6.07, 6.45) is -2.92. The fourth-order valence-corrected chi connectivity index (χ4v) is 0.930. The van der Waals surface area contributed by atoms with Gasteiger partial charge in [-0.3, -0.25) is 4.79 Å². The Hall–Kier alpha value is -0.710. The highest BCUT2D eigenvalue weighted by Gasteiger charge is 2.34. The average Bonchev–Trinajstić information content (AvgIpc) is 1.96. The van der Waals surface area contributed by atoms with Crippen molar-refractivity contribution < 1.29 is 18.3 Å². The summed E-state index contributed by atoms with van der Waals surface area (Å²) in [4.78, 5) is 10.4. The molecule has 1 amide bonds. The molecule has 0 aromatic heterocycles. The number of halogens is 2. The highest BCUT2D eigenvalue weighted by Crippen LogP contribution is 2.24. The van der Waals surface area contributed by atoms with Crippen LogP contribution in [0.3, 0.4) is 0 Å². The van der Waals surface area contributed by atoms with Crippen molar-refractivity contribution in [3.05, 3.63) is 0 Å². The molecule has 1 fully saturated rings. The molecule has 0 saturated carbocycles. The minimum Gasteiger partial charge on any atom is -0.380 e. The Morgan fingerprint density at radius 2 is 2.25 bits per heavy atom. The maximum absolute atomic E-state index is 11.7. The summed E-state index contributed by atoms with van der Waals surface area (Å²) in [5.41, 5.74) is -0.148. The Kier molecular flexibility index (Phi) is 2.62. The second-order valence-corrected chi connectivity index (χ2v) is 3.32. The molecular formula is C7H11F2NO2. The van der Waals surface area contributed by atoms with Gasteiger partial charge in [-0.1, -0.05) is 6.92 Å². The molecule has 70 valence electrons. The van der Waals surface area contributed by atoms with E-state index in [0.717, 1.165) is 0 Å². The summed E-state index contributed by atoms with van der Waals surface area (Å²) in [6.45, 7) is 3.19. The average molecular weight is 179 g/mol. The van der Waals surface area contributed by atoms with Crippen molar-refractivity contribution in [2.24, 2.45) is 5.41 Å². The zero-order valence-electron chi connectivity index (χ0n) is 6.77. The number of alkyl halides is 2. The van der Waals surface area contributed by atoms with E-state index >= 15 is 0 Å². The van der Waals surface area contributed by atoms with Gasteiger partial charge in [0.15, 0.2) is 0 Å². The Labute approximate surface area is 69.1 Å². The SMILES string of the molecule is CC1(CNC(=O)C(F)F)COC1. The number of amides is 1. The van der Waals surface area contributed by atoms with E-state index < -0.39 is 12.3 Å². The molecule has 1 N–H and O–H groups in total. The number of ether oxygens (including phenoxy) is 1.